The maximum Gasteiger partial charge on any atom is 0.277 e. The maximum atomic E-state index is 11.9. The molecule has 0 aliphatic heterocycles. The Kier molecular flexibility index (Phi) is 6.39. The highest BCUT2D eigenvalue weighted by Crippen LogP contribution is 2.29. The van der Waals surface area contributed by atoms with Crippen LogP contribution in [0.5, 0.6) is 17.2 Å². The van der Waals surface area contributed by atoms with Gasteiger partial charge in [-0.25, -0.2) is 5.43 Å². The molecule has 0 spiro atoms. The Bertz CT molecular complexity index is 772. The lowest BCUT2D eigenvalue weighted by atomic mass is 10.1. The van der Waals surface area contributed by atoms with E-state index >= 15 is 0 Å². The van der Waals surface area contributed by atoms with Crippen LogP contribution in [0.3, 0.4) is 0 Å². The average Bonchev–Trinajstić information content (AvgIpc) is 2.60. The third-order valence-corrected chi connectivity index (χ3v) is 3.52. The summed E-state index contributed by atoms with van der Waals surface area (Å²) in [6, 6.07) is 11.2. The van der Waals surface area contributed by atoms with Crippen molar-refractivity contribution >= 4 is 12.1 Å². The molecular formula is C19H22N2O4. The van der Waals surface area contributed by atoms with Gasteiger partial charge in [-0.05, 0) is 37.6 Å². The van der Waals surface area contributed by atoms with Crippen molar-refractivity contribution < 1.29 is 19.0 Å². The van der Waals surface area contributed by atoms with Crippen LogP contribution in [0.4, 0.5) is 0 Å². The van der Waals surface area contributed by atoms with Gasteiger partial charge in [-0.2, -0.15) is 5.10 Å². The van der Waals surface area contributed by atoms with Crippen molar-refractivity contribution in [1.29, 1.82) is 0 Å². The Labute approximate surface area is 147 Å². The normalized spacial score (nSPS) is 10.6. The van der Waals surface area contributed by atoms with Crippen LogP contribution in [0.25, 0.3) is 0 Å². The van der Waals surface area contributed by atoms with Gasteiger partial charge in [0, 0.05) is 5.56 Å². The minimum atomic E-state index is -0.349. The van der Waals surface area contributed by atoms with Crippen molar-refractivity contribution in [2.75, 3.05) is 20.8 Å². The Morgan fingerprint density at radius 2 is 1.92 bits per heavy atom. The van der Waals surface area contributed by atoms with Crippen molar-refractivity contribution in [3.63, 3.8) is 0 Å². The van der Waals surface area contributed by atoms with Gasteiger partial charge >= 0.3 is 0 Å². The van der Waals surface area contributed by atoms with E-state index in [0.717, 1.165) is 11.1 Å². The zero-order valence-electron chi connectivity index (χ0n) is 14.8. The minimum absolute atomic E-state index is 0.115. The standard InChI is InChI=1S/C19H22N2O4/c1-13-8-9-16(14(2)10-13)25-12-18(22)21-20-11-15-6-5-7-17(23-3)19(15)24-4/h5-11H,12H2,1-4H3,(H,21,22). The lowest BCUT2D eigenvalue weighted by Crippen LogP contribution is -2.24. The van der Waals surface area contributed by atoms with Crippen molar-refractivity contribution in [1.82, 2.24) is 5.43 Å². The largest absolute Gasteiger partial charge is 0.493 e. The molecule has 132 valence electrons. The van der Waals surface area contributed by atoms with E-state index in [1.807, 2.05) is 44.2 Å². The number of aryl methyl sites for hydroxylation is 2. The molecule has 25 heavy (non-hydrogen) atoms. The maximum absolute atomic E-state index is 11.9. The van der Waals surface area contributed by atoms with Gasteiger partial charge in [0.15, 0.2) is 18.1 Å². The van der Waals surface area contributed by atoms with E-state index in [-0.39, 0.29) is 12.5 Å². The molecular weight excluding hydrogens is 320 g/mol. The summed E-state index contributed by atoms with van der Waals surface area (Å²) in [7, 11) is 3.11. The second-order valence-electron chi connectivity index (χ2n) is 5.43. The number of nitrogens with one attached hydrogen (secondary N) is 1. The van der Waals surface area contributed by atoms with Crippen LogP contribution < -0.4 is 19.6 Å². The molecule has 0 aromatic heterocycles. The van der Waals surface area contributed by atoms with Crippen LogP contribution in [0.2, 0.25) is 0 Å². The predicted molar refractivity (Wildman–Crippen MR) is 96.7 cm³/mol. The molecule has 0 aliphatic rings. The van der Waals surface area contributed by atoms with Crippen LogP contribution in [-0.2, 0) is 4.79 Å². The lowest BCUT2D eigenvalue weighted by Gasteiger charge is -2.10. The average molecular weight is 342 g/mol. The molecule has 0 saturated carbocycles. The number of para-hydroxylation sites is 1. The van der Waals surface area contributed by atoms with Crippen LogP contribution >= 0.6 is 0 Å². The molecule has 2 aromatic carbocycles. The molecule has 2 rings (SSSR count). The number of hydrazone groups is 1. The molecule has 1 N–H and O–H groups in total. The first-order chi connectivity index (χ1) is 12.0. The number of carbonyl (C=O) groups excluding carboxylic acids is 1. The summed E-state index contributed by atoms with van der Waals surface area (Å²) in [6.45, 7) is 3.83. The van der Waals surface area contributed by atoms with Gasteiger partial charge < -0.3 is 14.2 Å². The zero-order chi connectivity index (χ0) is 18.2. The van der Waals surface area contributed by atoms with Crippen LogP contribution in [-0.4, -0.2) is 32.9 Å². The number of methoxy groups -OCH3 is 2. The summed E-state index contributed by atoms with van der Waals surface area (Å²) < 4.78 is 16.0. The SMILES string of the molecule is COc1cccc(C=NNC(=O)COc2ccc(C)cc2C)c1OC. The van der Waals surface area contributed by atoms with Gasteiger partial charge in [-0.1, -0.05) is 23.8 Å². The van der Waals surface area contributed by atoms with Gasteiger partial charge in [0.1, 0.15) is 5.75 Å². The van der Waals surface area contributed by atoms with Crippen LogP contribution in [0.15, 0.2) is 41.5 Å². The van der Waals surface area contributed by atoms with Crippen molar-refractivity contribution in [3.8, 4) is 17.2 Å². The Balaban J connectivity index is 1.92. The summed E-state index contributed by atoms with van der Waals surface area (Å²) >= 11 is 0. The van der Waals surface area contributed by atoms with E-state index in [2.05, 4.69) is 10.5 Å². The number of ether oxygens (including phenoxy) is 3. The van der Waals surface area contributed by atoms with E-state index in [9.17, 15) is 4.79 Å². The fourth-order valence-electron chi connectivity index (χ4n) is 2.32. The molecule has 0 heterocycles. The fourth-order valence-corrected chi connectivity index (χ4v) is 2.32. The molecule has 1 amide bonds. The summed E-state index contributed by atoms with van der Waals surface area (Å²) in [6.07, 6.45) is 1.50. The summed E-state index contributed by atoms with van der Waals surface area (Å²) in [5.41, 5.74) is 5.25. The highest BCUT2D eigenvalue weighted by Gasteiger charge is 2.08. The van der Waals surface area contributed by atoms with E-state index in [0.29, 0.717) is 22.8 Å². The van der Waals surface area contributed by atoms with Crippen molar-refractivity contribution in [3.05, 3.63) is 53.1 Å². The van der Waals surface area contributed by atoms with E-state index in [4.69, 9.17) is 14.2 Å². The third kappa shape index (κ3) is 4.97. The highest BCUT2D eigenvalue weighted by atomic mass is 16.5. The Morgan fingerprint density at radius 1 is 1.12 bits per heavy atom. The predicted octanol–water partition coefficient (Wildman–Crippen LogP) is 2.85. The number of hydrogen-bond donors (Lipinski definition) is 1. The van der Waals surface area contributed by atoms with E-state index < -0.39 is 0 Å². The second kappa shape index (κ2) is 8.73. The van der Waals surface area contributed by atoms with Gasteiger partial charge in [0.25, 0.3) is 5.91 Å². The minimum Gasteiger partial charge on any atom is -0.493 e. The first-order valence-corrected chi connectivity index (χ1v) is 7.78. The van der Waals surface area contributed by atoms with Gasteiger partial charge in [-0.15, -0.1) is 0 Å². The molecule has 0 unspecified atom stereocenters. The number of amides is 1. The van der Waals surface area contributed by atoms with Crippen LogP contribution in [0, 0.1) is 13.8 Å². The fraction of sp³-hybridized carbons (Fsp3) is 0.263. The zero-order valence-corrected chi connectivity index (χ0v) is 14.8. The molecule has 6 nitrogen and oxygen atoms in total. The number of nitrogens with zero attached hydrogens (tertiary/aromatic N) is 1. The molecule has 0 radical (unpaired) electrons. The topological polar surface area (TPSA) is 69.2 Å². The number of hydrogen-bond acceptors (Lipinski definition) is 5. The smallest absolute Gasteiger partial charge is 0.277 e. The molecule has 0 fully saturated rings. The van der Waals surface area contributed by atoms with E-state index in [1.165, 1.54) is 6.21 Å². The first-order valence-electron chi connectivity index (χ1n) is 7.78. The monoisotopic (exact) mass is 342 g/mol. The molecule has 2 aromatic rings. The van der Waals surface area contributed by atoms with Crippen molar-refractivity contribution in [2.45, 2.75) is 13.8 Å². The van der Waals surface area contributed by atoms with Gasteiger partial charge in [0.2, 0.25) is 0 Å². The van der Waals surface area contributed by atoms with Crippen molar-refractivity contribution in [2.24, 2.45) is 5.10 Å². The Morgan fingerprint density at radius 3 is 2.60 bits per heavy atom. The third-order valence-electron chi connectivity index (χ3n) is 3.52. The summed E-state index contributed by atoms with van der Waals surface area (Å²) in [4.78, 5) is 11.9. The van der Waals surface area contributed by atoms with Crippen LogP contribution in [0.1, 0.15) is 16.7 Å². The summed E-state index contributed by atoms with van der Waals surface area (Å²) in [5.74, 6) is 1.47. The molecule has 0 atom stereocenters. The van der Waals surface area contributed by atoms with E-state index in [1.54, 1.807) is 20.3 Å². The number of benzene rings is 2. The molecule has 0 saturated heterocycles. The first kappa shape index (κ1) is 18.3. The summed E-state index contributed by atoms with van der Waals surface area (Å²) in [5, 5.41) is 3.93. The lowest BCUT2D eigenvalue weighted by molar-refractivity contribution is -0.123. The quantitative estimate of drug-likeness (QED) is 0.620. The molecule has 6 heteroatoms. The highest BCUT2D eigenvalue weighted by molar-refractivity contribution is 5.86. The molecule has 0 aliphatic carbocycles. The second-order valence-corrected chi connectivity index (χ2v) is 5.43. The molecule has 0 bridgehead atoms. The van der Waals surface area contributed by atoms with Gasteiger partial charge in [0.05, 0.1) is 20.4 Å². The number of rotatable bonds is 7. The van der Waals surface area contributed by atoms with Gasteiger partial charge in [-0.3, -0.25) is 4.79 Å². The number of carbonyl (C=O) groups is 1. The Hall–Kier alpha value is -3.02.